The van der Waals surface area contributed by atoms with E-state index in [1.165, 1.54) is 0 Å². The van der Waals surface area contributed by atoms with E-state index in [1.54, 1.807) is 0 Å². The summed E-state index contributed by atoms with van der Waals surface area (Å²) in [4.78, 5) is 0. The van der Waals surface area contributed by atoms with Crippen molar-refractivity contribution in [3.05, 3.63) is 71.8 Å². The van der Waals surface area contributed by atoms with Crippen molar-refractivity contribution in [1.29, 1.82) is 0 Å². The van der Waals surface area contributed by atoms with Gasteiger partial charge >= 0.3 is 0 Å². The Kier molecular flexibility index (Phi) is 8.59. The third kappa shape index (κ3) is 7.77. The van der Waals surface area contributed by atoms with Crippen LogP contribution in [0.25, 0.3) is 0 Å². The molecule has 136 valence electrons. The highest BCUT2D eigenvalue weighted by atomic mass is 16.5. The van der Waals surface area contributed by atoms with Gasteiger partial charge in [0.05, 0.1) is 46.2 Å². The molecule has 0 aromatic heterocycles. The van der Waals surface area contributed by atoms with Gasteiger partial charge in [-0.2, -0.15) is 0 Å². The minimum Gasteiger partial charge on any atom is -0.394 e. The van der Waals surface area contributed by atoms with Gasteiger partial charge in [-0.15, -0.1) is 0 Å². The minimum atomic E-state index is -1.27. The number of rotatable bonds is 12. The first-order valence-electron chi connectivity index (χ1n) is 8.36. The summed E-state index contributed by atoms with van der Waals surface area (Å²) >= 11 is 0. The van der Waals surface area contributed by atoms with Gasteiger partial charge in [0, 0.05) is 0 Å². The normalized spacial score (nSPS) is 11.6. The van der Waals surface area contributed by atoms with Gasteiger partial charge in [-0.1, -0.05) is 60.7 Å². The molecule has 0 atom stereocenters. The van der Waals surface area contributed by atoms with Gasteiger partial charge in [0.1, 0.15) is 5.60 Å². The first-order chi connectivity index (χ1) is 12.2. The molecule has 2 N–H and O–H groups in total. The summed E-state index contributed by atoms with van der Waals surface area (Å²) in [7, 11) is 0. The number of hydrogen-bond acceptors (Lipinski definition) is 5. The van der Waals surface area contributed by atoms with E-state index < -0.39 is 5.60 Å². The lowest BCUT2D eigenvalue weighted by atomic mass is 10.1. The summed E-state index contributed by atoms with van der Waals surface area (Å²) in [5.41, 5.74) is 0.802. The molecule has 5 heteroatoms. The van der Waals surface area contributed by atoms with Crippen LogP contribution in [0.3, 0.4) is 0 Å². The van der Waals surface area contributed by atoms with Crippen molar-refractivity contribution in [2.45, 2.75) is 18.8 Å². The number of ether oxygens (including phenoxy) is 3. The lowest BCUT2D eigenvalue weighted by Gasteiger charge is -2.27. The highest BCUT2D eigenvalue weighted by molar-refractivity contribution is 5.14. The maximum absolute atomic E-state index is 10.7. The molecule has 0 heterocycles. The van der Waals surface area contributed by atoms with E-state index in [1.807, 2.05) is 60.7 Å². The van der Waals surface area contributed by atoms with Crippen molar-refractivity contribution in [1.82, 2.24) is 0 Å². The zero-order valence-corrected chi connectivity index (χ0v) is 14.3. The standard InChI is InChI=1S/C20H26O5/c21-11-12-23-15-20(22,16-24-13-18-7-3-1-4-8-18)17-25-14-19-9-5-2-6-10-19/h1-10,21-22H,11-17H2. The summed E-state index contributed by atoms with van der Waals surface area (Å²) in [6.07, 6.45) is 0. The topological polar surface area (TPSA) is 68.2 Å². The fraction of sp³-hybridized carbons (Fsp3) is 0.400. The first-order valence-corrected chi connectivity index (χ1v) is 8.36. The van der Waals surface area contributed by atoms with Crippen LogP contribution in [0, 0.1) is 0 Å². The molecule has 0 amide bonds. The summed E-state index contributed by atoms with van der Waals surface area (Å²) < 4.78 is 16.6. The van der Waals surface area contributed by atoms with E-state index in [9.17, 15) is 5.11 Å². The van der Waals surface area contributed by atoms with Crippen LogP contribution < -0.4 is 0 Å². The maximum Gasteiger partial charge on any atom is 0.134 e. The lowest BCUT2D eigenvalue weighted by Crippen LogP contribution is -2.44. The molecular formula is C20H26O5. The van der Waals surface area contributed by atoms with E-state index in [-0.39, 0.29) is 33.0 Å². The van der Waals surface area contributed by atoms with E-state index in [0.29, 0.717) is 13.2 Å². The van der Waals surface area contributed by atoms with Crippen LogP contribution in [0.1, 0.15) is 11.1 Å². The van der Waals surface area contributed by atoms with Gasteiger partial charge in [0.15, 0.2) is 0 Å². The van der Waals surface area contributed by atoms with Crippen LogP contribution in [-0.4, -0.2) is 48.8 Å². The molecule has 0 unspecified atom stereocenters. The zero-order valence-electron chi connectivity index (χ0n) is 14.3. The summed E-state index contributed by atoms with van der Waals surface area (Å²) in [6.45, 7) is 1.09. The van der Waals surface area contributed by atoms with Gasteiger partial charge in [-0.05, 0) is 11.1 Å². The van der Waals surface area contributed by atoms with Gasteiger partial charge in [-0.3, -0.25) is 0 Å². The third-order valence-corrected chi connectivity index (χ3v) is 3.57. The second-order valence-electron chi connectivity index (χ2n) is 5.96. The predicted molar refractivity (Wildman–Crippen MR) is 95.1 cm³/mol. The van der Waals surface area contributed by atoms with Gasteiger partial charge in [0.2, 0.25) is 0 Å². The third-order valence-electron chi connectivity index (χ3n) is 3.57. The summed E-state index contributed by atoms with van der Waals surface area (Å²) in [5.74, 6) is 0. The van der Waals surface area contributed by atoms with Gasteiger partial charge in [0.25, 0.3) is 0 Å². The van der Waals surface area contributed by atoms with Crippen LogP contribution in [0.5, 0.6) is 0 Å². The van der Waals surface area contributed by atoms with Crippen LogP contribution in [0.15, 0.2) is 60.7 Å². The molecule has 25 heavy (non-hydrogen) atoms. The highest BCUT2D eigenvalue weighted by Gasteiger charge is 2.28. The van der Waals surface area contributed by atoms with E-state index in [2.05, 4.69) is 0 Å². The maximum atomic E-state index is 10.7. The largest absolute Gasteiger partial charge is 0.394 e. The fourth-order valence-electron chi connectivity index (χ4n) is 2.32. The molecule has 2 rings (SSSR count). The predicted octanol–water partition coefficient (Wildman–Crippen LogP) is 2.16. The number of aliphatic hydroxyl groups is 2. The monoisotopic (exact) mass is 346 g/mol. The van der Waals surface area contributed by atoms with Gasteiger partial charge in [-0.25, -0.2) is 0 Å². The molecular weight excluding hydrogens is 320 g/mol. The molecule has 0 fully saturated rings. The molecule has 0 aliphatic heterocycles. The van der Waals surface area contributed by atoms with Crippen molar-refractivity contribution in [2.75, 3.05) is 33.0 Å². The quantitative estimate of drug-likeness (QED) is 0.577. The zero-order chi connectivity index (χ0) is 17.8. The van der Waals surface area contributed by atoms with E-state index in [0.717, 1.165) is 11.1 Å². The lowest BCUT2D eigenvalue weighted by molar-refractivity contribution is -0.139. The molecule has 0 spiro atoms. The number of hydrogen-bond donors (Lipinski definition) is 2. The van der Waals surface area contributed by atoms with Crippen molar-refractivity contribution in [3.8, 4) is 0 Å². The number of benzene rings is 2. The van der Waals surface area contributed by atoms with Crippen molar-refractivity contribution < 1.29 is 24.4 Å². The van der Waals surface area contributed by atoms with Crippen molar-refractivity contribution >= 4 is 0 Å². The SMILES string of the molecule is OCCOCC(O)(COCc1ccccc1)COCc1ccccc1. The van der Waals surface area contributed by atoms with Gasteiger partial charge < -0.3 is 24.4 Å². The Hall–Kier alpha value is -1.76. The number of aliphatic hydroxyl groups excluding tert-OH is 1. The smallest absolute Gasteiger partial charge is 0.134 e. The highest BCUT2D eigenvalue weighted by Crippen LogP contribution is 2.12. The van der Waals surface area contributed by atoms with Crippen LogP contribution in [-0.2, 0) is 27.4 Å². The Bertz CT molecular complexity index is 528. The average molecular weight is 346 g/mol. The molecule has 2 aromatic carbocycles. The van der Waals surface area contributed by atoms with Crippen LogP contribution in [0.2, 0.25) is 0 Å². The summed E-state index contributed by atoms with van der Waals surface area (Å²) in [5, 5.41) is 19.6. The fourth-order valence-corrected chi connectivity index (χ4v) is 2.32. The Labute approximate surface area is 148 Å². The van der Waals surface area contributed by atoms with E-state index in [4.69, 9.17) is 19.3 Å². The molecule has 0 radical (unpaired) electrons. The van der Waals surface area contributed by atoms with Crippen molar-refractivity contribution in [3.63, 3.8) is 0 Å². The first kappa shape index (κ1) is 19.6. The molecule has 0 saturated heterocycles. The van der Waals surface area contributed by atoms with Crippen LogP contribution in [0.4, 0.5) is 0 Å². The Morgan fingerprint density at radius 2 is 1.12 bits per heavy atom. The molecule has 2 aromatic rings. The molecule has 5 nitrogen and oxygen atoms in total. The summed E-state index contributed by atoms with van der Waals surface area (Å²) in [6, 6.07) is 19.5. The minimum absolute atomic E-state index is 0.0388. The molecule has 0 bridgehead atoms. The second kappa shape index (κ2) is 11.0. The molecule has 0 aliphatic rings. The van der Waals surface area contributed by atoms with Crippen molar-refractivity contribution in [2.24, 2.45) is 0 Å². The Balaban J connectivity index is 1.81. The molecule has 0 aliphatic carbocycles. The van der Waals surface area contributed by atoms with E-state index >= 15 is 0 Å². The Morgan fingerprint density at radius 3 is 1.56 bits per heavy atom. The average Bonchev–Trinajstić information content (AvgIpc) is 2.64. The molecule has 0 saturated carbocycles. The van der Waals surface area contributed by atoms with Crippen LogP contribution >= 0.6 is 0 Å². The Morgan fingerprint density at radius 1 is 0.680 bits per heavy atom. The second-order valence-corrected chi connectivity index (χ2v) is 5.96.